The van der Waals surface area contributed by atoms with Crippen LogP contribution in [-0.4, -0.2) is 46.3 Å². The summed E-state index contributed by atoms with van der Waals surface area (Å²) in [7, 11) is 0. The van der Waals surface area contributed by atoms with Crippen LogP contribution in [0.1, 0.15) is 44.7 Å². The molecule has 0 aromatic carbocycles. The predicted octanol–water partition coefficient (Wildman–Crippen LogP) is 1.92. The van der Waals surface area contributed by atoms with Gasteiger partial charge >= 0.3 is 5.97 Å². The first-order chi connectivity index (χ1) is 10.1. The van der Waals surface area contributed by atoms with Crippen LogP contribution >= 0.6 is 0 Å². The number of esters is 1. The molecule has 0 aliphatic carbocycles. The smallest absolute Gasteiger partial charge is 0.338 e. The highest BCUT2D eigenvalue weighted by molar-refractivity contribution is 5.79. The lowest BCUT2D eigenvalue weighted by Gasteiger charge is -2.39. The molecule has 1 aromatic rings. The minimum Gasteiger partial charge on any atom is -0.464 e. The van der Waals surface area contributed by atoms with Gasteiger partial charge in [0.1, 0.15) is 0 Å². The van der Waals surface area contributed by atoms with Gasteiger partial charge in [-0.1, -0.05) is 6.92 Å². The molecule has 1 N–H and O–H groups in total. The SMILES string of the molecule is CCCOC(=O)C1(O)CCN(C(C)c2ccncc2)CC1. The second-order valence-electron chi connectivity index (χ2n) is 5.66. The molecule has 116 valence electrons. The normalized spacial score (nSPS) is 20.0. The number of ether oxygens (including phenoxy) is 1. The lowest BCUT2D eigenvalue weighted by Crippen LogP contribution is -2.50. The molecule has 0 amide bonds. The van der Waals surface area contributed by atoms with E-state index in [1.807, 2.05) is 19.1 Å². The van der Waals surface area contributed by atoms with Gasteiger partial charge in [0.05, 0.1) is 6.61 Å². The molecule has 21 heavy (non-hydrogen) atoms. The molecule has 1 atom stereocenters. The van der Waals surface area contributed by atoms with Crippen molar-refractivity contribution in [1.29, 1.82) is 0 Å². The second kappa shape index (κ2) is 7.00. The van der Waals surface area contributed by atoms with Crippen molar-refractivity contribution in [2.24, 2.45) is 0 Å². The van der Waals surface area contributed by atoms with E-state index in [1.54, 1.807) is 12.4 Å². The summed E-state index contributed by atoms with van der Waals surface area (Å²) >= 11 is 0. The van der Waals surface area contributed by atoms with Gasteiger partial charge in [0.2, 0.25) is 0 Å². The minimum absolute atomic E-state index is 0.254. The number of rotatable bonds is 5. The lowest BCUT2D eigenvalue weighted by molar-refractivity contribution is -0.171. The molecule has 2 rings (SSSR count). The molecular weight excluding hydrogens is 268 g/mol. The number of aliphatic hydroxyl groups is 1. The number of nitrogens with zero attached hydrogens (tertiary/aromatic N) is 2. The molecule has 1 aliphatic heterocycles. The number of likely N-dealkylation sites (tertiary alicyclic amines) is 1. The number of pyridine rings is 1. The quantitative estimate of drug-likeness (QED) is 0.840. The highest BCUT2D eigenvalue weighted by Crippen LogP contribution is 2.29. The Morgan fingerprint density at radius 1 is 1.43 bits per heavy atom. The van der Waals surface area contributed by atoms with Crippen molar-refractivity contribution in [2.45, 2.75) is 44.8 Å². The molecule has 0 bridgehead atoms. The van der Waals surface area contributed by atoms with Gasteiger partial charge in [0.25, 0.3) is 0 Å². The van der Waals surface area contributed by atoms with Gasteiger partial charge in [-0.2, -0.15) is 0 Å². The molecular formula is C16H24N2O3. The van der Waals surface area contributed by atoms with Crippen LogP contribution in [-0.2, 0) is 9.53 Å². The third-order valence-electron chi connectivity index (χ3n) is 4.18. The third-order valence-corrected chi connectivity index (χ3v) is 4.18. The highest BCUT2D eigenvalue weighted by atomic mass is 16.5. The maximum Gasteiger partial charge on any atom is 0.338 e. The van der Waals surface area contributed by atoms with E-state index in [4.69, 9.17) is 4.74 Å². The standard InChI is InChI=1S/C16H24N2O3/c1-3-12-21-15(19)16(20)6-10-18(11-7-16)13(2)14-4-8-17-9-5-14/h4-5,8-9,13,20H,3,6-7,10-12H2,1-2H3. The fourth-order valence-corrected chi connectivity index (χ4v) is 2.67. The Balaban J connectivity index is 1.92. The zero-order chi connectivity index (χ0) is 15.3. The van der Waals surface area contributed by atoms with Crippen molar-refractivity contribution in [3.63, 3.8) is 0 Å². The van der Waals surface area contributed by atoms with Crippen molar-refractivity contribution in [1.82, 2.24) is 9.88 Å². The monoisotopic (exact) mass is 292 g/mol. The zero-order valence-electron chi connectivity index (χ0n) is 12.8. The minimum atomic E-state index is -1.32. The Bertz CT molecular complexity index is 456. The van der Waals surface area contributed by atoms with Crippen LogP contribution in [0.4, 0.5) is 0 Å². The summed E-state index contributed by atoms with van der Waals surface area (Å²) in [5, 5.41) is 10.4. The lowest BCUT2D eigenvalue weighted by atomic mass is 9.90. The van der Waals surface area contributed by atoms with Crippen LogP contribution in [0.25, 0.3) is 0 Å². The number of carbonyl (C=O) groups excluding carboxylic acids is 1. The molecule has 5 heteroatoms. The van der Waals surface area contributed by atoms with Crippen LogP contribution < -0.4 is 0 Å². The van der Waals surface area contributed by atoms with Crippen molar-refractivity contribution in [3.8, 4) is 0 Å². The van der Waals surface area contributed by atoms with Crippen LogP contribution in [0.5, 0.6) is 0 Å². The number of carbonyl (C=O) groups is 1. The van der Waals surface area contributed by atoms with Crippen molar-refractivity contribution >= 4 is 5.97 Å². The predicted molar refractivity (Wildman–Crippen MR) is 79.7 cm³/mol. The molecule has 2 heterocycles. The van der Waals surface area contributed by atoms with E-state index >= 15 is 0 Å². The molecule has 0 spiro atoms. The van der Waals surface area contributed by atoms with Gasteiger partial charge < -0.3 is 9.84 Å². The topological polar surface area (TPSA) is 62.7 Å². The van der Waals surface area contributed by atoms with E-state index < -0.39 is 11.6 Å². The zero-order valence-corrected chi connectivity index (χ0v) is 12.8. The second-order valence-corrected chi connectivity index (χ2v) is 5.66. The first-order valence-electron chi connectivity index (χ1n) is 7.60. The van der Waals surface area contributed by atoms with Crippen LogP contribution in [0.15, 0.2) is 24.5 Å². The molecule has 1 aromatic heterocycles. The van der Waals surface area contributed by atoms with Gasteiger partial charge in [0.15, 0.2) is 5.60 Å². The van der Waals surface area contributed by atoms with E-state index in [-0.39, 0.29) is 6.04 Å². The number of aromatic nitrogens is 1. The summed E-state index contributed by atoms with van der Waals surface area (Å²) in [5.41, 5.74) is -0.118. The Labute approximate surface area is 125 Å². The Morgan fingerprint density at radius 3 is 2.62 bits per heavy atom. The number of piperidine rings is 1. The maximum atomic E-state index is 11.9. The molecule has 0 radical (unpaired) electrons. The summed E-state index contributed by atoms with van der Waals surface area (Å²) < 4.78 is 5.10. The molecule has 0 saturated carbocycles. The van der Waals surface area contributed by atoms with E-state index in [2.05, 4.69) is 16.8 Å². The average Bonchev–Trinajstić information content (AvgIpc) is 2.53. The van der Waals surface area contributed by atoms with E-state index in [1.165, 1.54) is 5.56 Å². The summed E-state index contributed by atoms with van der Waals surface area (Å²) in [6, 6.07) is 4.26. The van der Waals surface area contributed by atoms with Crippen molar-refractivity contribution < 1.29 is 14.6 Å². The van der Waals surface area contributed by atoms with Crippen molar-refractivity contribution in [2.75, 3.05) is 19.7 Å². The van der Waals surface area contributed by atoms with Gasteiger partial charge in [0, 0.05) is 31.5 Å². The fraction of sp³-hybridized carbons (Fsp3) is 0.625. The highest BCUT2D eigenvalue weighted by Gasteiger charge is 2.41. The first-order valence-corrected chi connectivity index (χ1v) is 7.60. The Hall–Kier alpha value is -1.46. The van der Waals surface area contributed by atoms with E-state index in [0.29, 0.717) is 32.5 Å². The molecule has 1 aliphatic rings. The summed E-state index contributed by atoms with van der Waals surface area (Å²) in [6.07, 6.45) is 5.19. The van der Waals surface area contributed by atoms with Gasteiger partial charge in [-0.3, -0.25) is 9.88 Å². The summed E-state index contributed by atoms with van der Waals surface area (Å²) in [6.45, 7) is 5.81. The molecule has 1 unspecified atom stereocenters. The van der Waals surface area contributed by atoms with Crippen LogP contribution in [0.2, 0.25) is 0 Å². The maximum absolute atomic E-state index is 11.9. The van der Waals surface area contributed by atoms with Crippen molar-refractivity contribution in [3.05, 3.63) is 30.1 Å². The summed E-state index contributed by atoms with van der Waals surface area (Å²) in [5.74, 6) is -0.472. The van der Waals surface area contributed by atoms with Crippen LogP contribution in [0, 0.1) is 0 Å². The molecule has 5 nitrogen and oxygen atoms in total. The van der Waals surface area contributed by atoms with Gasteiger partial charge in [-0.25, -0.2) is 4.79 Å². The Kier molecular flexibility index (Phi) is 5.31. The average molecular weight is 292 g/mol. The van der Waals surface area contributed by atoms with E-state index in [9.17, 15) is 9.90 Å². The molecule has 1 fully saturated rings. The van der Waals surface area contributed by atoms with E-state index in [0.717, 1.165) is 6.42 Å². The largest absolute Gasteiger partial charge is 0.464 e. The van der Waals surface area contributed by atoms with Gasteiger partial charge in [-0.15, -0.1) is 0 Å². The summed E-state index contributed by atoms with van der Waals surface area (Å²) in [4.78, 5) is 18.2. The third kappa shape index (κ3) is 3.80. The Morgan fingerprint density at radius 2 is 2.05 bits per heavy atom. The first kappa shape index (κ1) is 15.9. The fourth-order valence-electron chi connectivity index (χ4n) is 2.67. The number of hydrogen-bond donors (Lipinski definition) is 1. The van der Waals surface area contributed by atoms with Crippen LogP contribution in [0.3, 0.4) is 0 Å². The van der Waals surface area contributed by atoms with Gasteiger partial charge in [-0.05, 0) is 43.9 Å². The molecule has 1 saturated heterocycles. The number of hydrogen-bond acceptors (Lipinski definition) is 5.